The number of nitrogens with zero attached hydrogens (tertiary/aromatic N) is 1. The van der Waals surface area contributed by atoms with Gasteiger partial charge in [-0.15, -0.1) is 0 Å². The SMILES string of the molecule is CNCCNS(=O)(=O)c1nccc2c1C=CCC2=O. The highest BCUT2D eigenvalue weighted by Crippen LogP contribution is 2.24. The molecular weight excluding hydrogens is 266 g/mol. The highest BCUT2D eigenvalue weighted by atomic mass is 32.2. The van der Waals surface area contributed by atoms with Crippen molar-refractivity contribution in [1.29, 1.82) is 0 Å². The molecule has 0 radical (unpaired) electrons. The number of rotatable bonds is 5. The molecule has 1 aromatic rings. The quantitative estimate of drug-likeness (QED) is 0.752. The fourth-order valence-electron chi connectivity index (χ4n) is 1.84. The Labute approximate surface area is 112 Å². The molecule has 6 nitrogen and oxygen atoms in total. The molecule has 0 spiro atoms. The number of allylic oxidation sites excluding steroid dienone is 1. The van der Waals surface area contributed by atoms with Crippen molar-refractivity contribution in [3.05, 3.63) is 29.5 Å². The summed E-state index contributed by atoms with van der Waals surface area (Å²) >= 11 is 0. The molecule has 0 unspecified atom stereocenters. The van der Waals surface area contributed by atoms with Gasteiger partial charge in [-0.2, -0.15) is 0 Å². The van der Waals surface area contributed by atoms with Crippen molar-refractivity contribution in [2.45, 2.75) is 11.4 Å². The molecule has 102 valence electrons. The molecule has 2 rings (SSSR count). The Balaban J connectivity index is 2.39. The van der Waals surface area contributed by atoms with Crippen molar-refractivity contribution < 1.29 is 13.2 Å². The Morgan fingerprint density at radius 3 is 2.89 bits per heavy atom. The normalized spacial score (nSPS) is 14.5. The molecule has 1 heterocycles. The summed E-state index contributed by atoms with van der Waals surface area (Å²) in [5, 5.41) is 2.75. The van der Waals surface area contributed by atoms with Gasteiger partial charge in [-0.3, -0.25) is 4.79 Å². The van der Waals surface area contributed by atoms with E-state index >= 15 is 0 Å². The van der Waals surface area contributed by atoms with Crippen LogP contribution in [0.1, 0.15) is 22.3 Å². The number of aromatic nitrogens is 1. The number of hydrogen-bond donors (Lipinski definition) is 2. The van der Waals surface area contributed by atoms with Crippen molar-refractivity contribution >= 4 is 21.9 Å². The van der Waals surface area contributed by atoms with Gasteiger partial charge < -0.3 is 5.32 Å². The first-order valence-electron chi connectivity index (χ1n) is 5.89. The van der Waals surface area contributed by atoms with Gasteiger partial charge in [-0.05, 0) is 13.1 Å². The van der Waals surface area contributed by atoms with Crippen molar-refractivity contribution in [1.82, 2.24) is 15.0 Å². The van der Waals surface area contributed by atoms with Crippen LogP contribution in [0.4, 0.5) is 0 Å². The van der Waals surface area contributed by atoms with Crippen LogP contribution in [0.3, 0.4) is 0 Å². The Hall–Kier alpha value is -1.57. The average Bonchev–Trinajstić information content (AvgIpc) is 2.39. The van der Waals surface area contributed by atoms with Crippen LogP contribution >= 0.6 is 0 Å². The Bertz CT molecular complexity index is 623. The standard InChI is InChI=1S/C12H15N3O3S/c1-13-7-8-15-19(17,18)12-10-3-2-4-11(16)9(10)5-6-14-12/h2-3,5-6,13,15H,4,7-8H2,1H3. The highest BCUT2D eigenvalue weighted by Gasteiger charge is 2.24. The van der Waals surface area contributed by atoms with Crippen LogP contribution < -0.4 is 10.0 Å². The van der Waals surface area contributed by atoms with E-state index in [0.29, 0.717) is 24.1 Å². The molecule has 7 heteroatoms. The maximum Gasteiger partial charge on any atom is 0.258 e. The topological polar surface area (TPSA) is 88.2 Å². The fourth-order valence-corrected chi connectivity index (χ4v) is 3.02. The first-order chi connectivity index (χ1) is 9.06. The van der Waals surface area contributed by atoms with Gasteiger partial charge >= 0.3 is 0 Å². The van der Waals surface area contributed by atoms with Crippen LogP contribution in [0.25, 0.3) is 6.08 Å². The second-order valence-corrected chi connectivity index (χ2v) is 5.79. The summed E-state index contributed by atoms with van der Waals surface area (Å²) in [5.74, 6) is -0.0911. The molecule has 0 aromatic carbocycles. The van der Waals surface area contributed by atoms with E-state index in [9.17, 15) is 13.2 Å². The molecule has 1 aliphatic rings. The zero-order valence-electron chi connectivity index (χ0n) is 10.5. The summed E-state index contributed by atoms with van der Waals surface area (Å²) in [6.45, 7) is 0.783. The van der Waals surface area contributed by atoms with Gasteiger partial charge in [0.05, 0.1) is 0 Å². The summed E-state index contributed by atoms with van der Waals surface area (Å²) in [4.78, 5) is 15.6. The summed E-state index contributed by atoms with van der Waals surface area (Å²) in [7, 11) is -1.97. The van der Waals surface area contributed by atoms with Crippen molar-refractivity contribution in [3.8, 4) is 0 Å². The number of carbonyl (C=O) groups excluding carboxylic acids is 1. The van der Waals surface area contributed by atoms with Crippen LogP contribution in [-0.4, -0.2) is 39.3 Å². The minimum Gasteiger partial charge on any atom is -0.318 e. The zero-order valence-corrected chi connectivity index (χ0v) is 11.3. The minimum absolute atomic E-state index is 0.0911. The first kappa shape index (κ1) is 13.9. The number of likely N-dealkylation sites (N-methyl/N-ethyl adjacent to an activating group) is 1. The van der Waals surface area contributed by atoms with E-state index in [0.717, 1.165) is 0 Å². The van der Waals surface area contributed by atoms with E-state index in [4.69, 9.17) is 0 Å². The Kier molecular flexibility index (Phi) is 4.08. The largest absolute Gasteiger partial charge is 0.318 e. The molecule has 0 fully saturated rings. The number of sulfonamides is 1. The van der Waals surface area contributed by atoms with Gasteiger partial charge in [-0.1, -0.05) is 12.2 Å². The minimum atomic E-state index is -3.70. The van der Waals surface area contributed by atoms with Gasteiger partial charge in [0.15, 0.2) is 10.8 Å². The molecule has 2 N–H and O–H groups in total. The third-order valence-corrected chi connectivity index (χ3v) is 4.18. The van der Waals surface area contributed by atoms with Crippen molar-refractivity contribution in [3.63, 3.8) is 0 Å². The van der Waals surface area contributed by atoms with E-state index < -0.39 is 10.0 Å². The maximum atomic E-state index is 12.1. The third kappa shape index (κ3) is 2.89. The van der Waals surface area contributed by atoms with Gasteiger partial charge in [0, 0.05) is 36.8 Å². The van der Waals surface area contributed by atoms with Crippen molar-refractivity contribution in [2.24, 2.45) is 0 Å². The summed E-state index contributed by atoms with van der Waals surface area (Å²) < 4.78 is 26.7. The van der Waals surface area contributed by atoms with E-state index in [1.54, 1.807) is 25.3 Å². The second kappa shape index (κ2) is 5.60. The number of fused-ring (bicyclic) bond motifs is 1. The summed E-state index contributed by atoms with van der Waals surface area (Å²) in [6, 6.07) is 1.55. The van der Waals surface area contributed by atoms with E-state index in [2.05, 4.69) is 15.0 Å². The number of nitrogens with one attached hydrogen (secondary N) is 2. The number of ketones is 1. The van der Waals surface area contributed by atoms with Crippen LogP contribution in [0.15, 0.2) is 23.4 Å². The van der Waals surface area contributed by atoms with E-state index in [1.807, 2.05) is 0 Å². The molecular formula is C12H15N3O3S. The molecule has 1 aliphatic carbocycles. The number of pyridine rings is 1. The van der Waals surface area contributed by atoms with Crippen LogP contribution in [0.5, 0.6) is 0 Å². The van der Waals surface area contributed by atoms with Gasteiger partial charge in [-0.25, -0.2) is 18.1 Å². The smallest absolute Gasteiger partial charge is 0.258 e. The monoisotopic (exact) mass is 281 g/mol. The van der Waals surface area contributed by atoms with Gasteiger partial charge in [0.2, 0.25) is 0 Å². The maximum absolute atomic E-state index is 12.1. The van der Waals surface area contributed by atoms with Crippen LogP contribution in [-0.2, 0) is 10.0 Å². The lowest BCUT2D eigenvalue weighted by molar-refractivity contribution is 0.0994. The predicted molar refractivity (Wildman–Crippen MR) is 71.3 cm³/mol. The second-order valence-electron chi connectivity index (χ2n) is 4.11. The lowest BCUT2D eigenvalue weighted by Crippen LogP contribution is -2.31. The van der Waals surface area contributed by atoms with Crippen LogP contribution in [0, 0.1) is 0 Å². The number of carbonyl (C=O) groups is 1. The Morgan fingerprint density at radius 2 is 2.16 bits per heavy atom. The van der Waals surface area contributed by atoms with E-state index in [-0.39, 0.29) is 17.4 Å². The molecule has 19 heavy (non-hydrogen) atoms. The predicted octanol–water partition coefficient (Wildman–Crippen LogP) is 0.179. The van der Waals surface area contributed by atoms with Gasteiger partial charge in [0.1, 0.15) is 0 Å². The molecule has 0 amide bonds. The molecule has 0 bridgehead atoms. The van der Waals surface area contributed by atoms with E-state index in [1.165, 1.54) is 6.20 Å². The fraction of sp³-hybridized carbons (Fsp3) is 0.333. The molecule has 0 saturated carbocycles. The molecule has 1 aromatic heterocycles. The summed E-state index contributed by atoms with van der Waals surface area (Å²) in [6.07, 6.45) is 4.93. The number of hydrogen-bond acceptors (Lipinski definition) is 5. The zero-order chi connectivity index (χ0) is 13.9. The molecule has 0 atom stereocenters. The van der Waals surface area contributed by atoms with Crippen molar-refractivity contribution in [2.75, 3.05) is 20.1 Å². The highest BCUT2D eigenvalue weighted by molar-refractivity contribution is 7.89. The lowest BCUT2D eigenvalue weighted by Gasteiger charge is -2.13. The third-order valence-electron chi connectivity index (χ3n) is 2.76. The Morgan fingerprint density at radius 1 is 1.37 bits per heavy atom. The summed E-state index contributed by atoms with van der Waals surface area (Å²) in [5.41, 5.74) is 0.780. The van der Waals surface area contributed by atoms with Crippen LogP contribution in [0.2, 0.25) is 0 Å². The average molecular weight is 281 g/mol. The molecule has 0 saturated heterocycles. The lowest BCUT2D eigenvalue weighted by atomic mass is 9.98. The van der Waals surface area contributed by atoms with Gasteiger partial charge in [0.25, 0.3) is 10.0 Å². The number of Topliss-reactive ketones (excluding diaryl/α,β-unsaturated/α-hetero) is 1. The first-order valence-corrected chi connectivity index (χ1v) is 7.37. The molecule has 0 aliphatic heterocycles.